The van der Waals surface area contributed by atoms with Gasteiger partial charge in [0.1, 0.15) is 11.6 Å². The minimum Gasteiger partial charge on any atom is -0.452 e. The van der Waals surface area contributed by atoms with Crippen molar-refractivity contribution in [1.82, 2.24) is 5.32 Å². The van der Waals surface area contributed by atoms with Crippen LogP contribution in [0.1, 0.15) is 28.9 Å². The Labute approximate surface area is 142 Å². The van der Waals surface area contributed by atoms with Gasteiger partial charge in [-0.2, -0.15) is 0 Å². The van der Waals surface area contributed by atoms with Crippen molar-refractivity contribution in [2.75, 3.05) is 6.61 Å². The van der Waals surface area contributed by atoms with Crippen molar-refractivity contribution in [3.63, 3.8) is 0 Å². The Bertz CT molecular complexity index is 767. The summed E-state index contributed by atoms with van der Waals surface area (Å²) < 4.78 is 31.4. The summed E-state index contributed by atoms with van der Waals surface area (Å²) in [7, 11) is 0. The lowest BCUT2D eigenvalue weighted by molar-refractivity contribution is -0.124. The molecule has 2 rings (SSSR count). The van der Waals surface area contributed by atoms with E-state index >= 15 is 0 Å². The Kier molecular flexibility index (Phi) is 5.87. The summed E-state index contributed by atoms with van der Waals surface area (Å²) in [6.07, 6.45) is 0. The SMILES string of the molecule is C[C@H](NC(=O)COC(=O)c1ccccc1Cl)c1ccc(F)cc1F. The Morgan fingerprint density at radius 3 is 2.58 bits per heavy atom. The van der Waals surface area contributed by atoms with Crippen LogP contribution in [0.2, 0.25) is 5.02 Å². The third-order valence-corrected chi connectivity index (χ3v) is 3.56. The highest BCUT2D eigenvalue weighted by Crippen LogP contribution is 2.18. The fourth-order valence-corrected chi connectivity index (χ4v) is 2.26. The molecule has 0 spiro atoms. The molecule has 1 amide bonds. The molecule has 0 aliphatic carbocycles. The molecule has 4 nitrogen and oxygen atoms in total. The number of nitrogens with one attached hydrogen (secondary N) is 1. The summed E-state index contributed by atoms with van der Waals surface area (Å²) in [6.45, 7) is 0.987. The van der Waals surface area contributed by atoms with Crippen molar-refractivity contribution >= 4 is 23.5 Å². The molecular weight excluding hydrogens is 340 g/mol. The lowest BCUT2D eigenvalue weighted by Gasteiger charge is -2.15. The van der Waals surface area contributed by atoms with Gasteiger partial charge in [0, 0.05) is 11.6 Å². The second-order valence-electron chi connectivity index (χ2n) is 5.01. The molecule has 1 atom stereocenters. The average molecular weight is 354 g/mol. The largest absolute Gasteiger partial charge is 0.452 e. The lowest BCUT2D eigenvalue weighted by Crippen LogP contribution is -2.31. The predicted octanol–water partition coefficient (Wildman–Crippen LogP) is 3.65. The van der Waals surface area contributed by atoms with Crippen LogP contribution in [0.4, 0.5) is 8.78 Å². The van der Waals surface area contributed by atoms with Gasteiger partial charge < -0.3 is 10.1 Å². The zero-order valence-corrected chi connectivity index (χ0v) is 13.4. The van der Waals surface area contributed by atoms with Crippen molar-refractivity contribution in [2.45, 2.75) is 13.0 Å². The Balaban J connectivity index is 1.91. The van der Waals surface area contributed by atoms with E-state index in [1.165, 1.54) is 25.1 Å². The summed E-state index contributed by atoms with van der Waals surface area (Å²) in [5, 5.41) is 2.68. The molecule has 0 saturated carbocycles. The van der Waals surface area contributed by atoms with Crippen LogP contribution >= 0.6 is 11.6 Å². The fourth-order valence-electron chi connectivity index (χ4n) is 2.05. The topological polar surface area (TPSA) is 55.4 Å². The minimum atomic E-state index is -0.768. The molecule has 0 heterocycles. The molecule has 7 heteroatoms. The van der Waals surface area contributed by atoms with E-state index in [4.69, 9.17) is 16.3 Å². The first-order valence-corrected chi connectivity index (χ1v) is 7.42. The van der Waals surface area contributed by atoms with E-state index in [0.29, 0.717) is 0 Å². The van der Waals surface area contributed by atoms with Crippen LogP contribution in [0.25, 0.3) is 0 Å². The Hall–Kier alpha value is -2.47. The van der Waals surface area contributed by atoms with Crippen molar-refractivity contribution in [3.8, 4) is 0 Å². The van der Waals surface area contributed by atoms with E-state index in [1.54, 1.807) is 12.1 Å². The predicted molar refractivity (Wildman–Crippen MR) is 84.7 cm³/mol. The molecule has 0 bridgehead atoms. The Morgan fingerprint density at radius 1 is 1.21 bits per heavy atom. The summed E-state index contributed by atoms with van der Waals surface area (Å²) >= 11 is 5.86. The van der Waals surface area contributed by atoms with Crippen molar-refractivity contribution in [3.05, 3.63) is 70.2 Å². The molecular formula is C17H14ClF2NO3. The monoisotopic (exact) mass is 353 g/mol. The molecule has 2 aromatic carbocycles. The summed E-state index contributed by atoms with van der Waals surface area (Å²) in [6, 6.07) is 8.62. The lowest BCUT2D eigenvalue weighted by atomic mass is 10.1. The number of amides is 1. The van der Waals surface area contributed by atoms with Crippen molar-refractivity contribution in [2.24, 2.45) is 0 Å². The molecule has 24 heavy (non-hydrogen) atoms. The molecule has 0 fully saturated rings. The standard InChI is InChI=1S/C17H14ClF2NO3/c1-10(12-7-6-11(19)8-15(12)20)21-16(22)9-24-17(23)13-4-2-3-5-14(13)18/h2-8,10H,9H2,1H3,(H,21,22)/t10-/m0/s1. The summed E-state index contributed by atoms with van der Waals surface area (Å²) in [4.78, 5) is 23.6. The van der Waals surface area contributed by atoms with Gasteiger partial charge in [-0.1, -0.05) is 29.8 Å². The number of carbonyl (C=O) groups excluding carboxylic acids is 2. The number of hydrogen-bond donors (Lipinski definition) is 1. The van der Waals surface area contributed by atoms with Gasteiger partial charge in [-0.25, -0.2) is 13.6 Å². The number of esters is 1. The van der Waals surface area contributed by atoms with Crippen molar-refractivity contribution in [1.29, 1.82) is 0 Å². The minimum absolute atomic E-state index is 0.127. The average Bonchev–Trinajstić information content (AvgIpc) is 2.52. The number of halogens is 3. The molecule has 0 aromatic heterocycles. The van der Waals surface area contributed by atoms with Gasteiger partial charge in [0.05, 0.1) is 16.6 Å². The van der Waals surface area contributed by atoms with Crippen LogP contribution in [-0.4, -0.2) is 18.5 Å². The number of benzene rings is 2. The van der Waals surface area contributed by atoms with Crippen LogP contribution in [0.3, 0.4) is 0 Å². The fraction of sp³-hybridized carbons (Fsp3) is 0.176. The van der Waals surface area contributed by atoms with Crippen LogP contribution in [0, 0.1) is 11.6 Å². The quantitative estimate of drug-likeness (QED) is 0.835. The highest BCUT2D eigenvalue weighted by atomic mass is 35.5. The molecule has 2 aromatic rings. The van der Waals surface area contributed by atoms with Crippen LogP contribution < -0.4 is 5.32 Å². The van der Waals surface area contributed by atoms with E-state index in [1.807, 2.05) is 0 Å². The van der Waals surface area contributed by atoms with Gasteiger partial charge in [-0.3, -0.25) is 4.79 Å². The first-order chi connectivity index (χ1) is 11.4. The maximum absolute atomic E-state index is 13.6. The second kappa shape index (κ2) is 7.88. The smallest absolute Gasteiger partial charge is 0.340 e. The van der Waals surface area contributed by atoms with Gasteiger partial charge in [0.25, 0.3) is 5.91 Å². The van der Waals surface area contributed by atoms with Gasteiger partial charge >= 0.3 is 5.97 Å². The summed E-state index contributed by atoms with van der Waals surface area (Å²) in [5.41, 5.74) is 0.270. The van der Waals surface area contributed by atoms with Crippen LogP contribution in [0.5, 0.6) is 0 Å². The van der Waals surface area contributed by atoms with Gasteiger partial charge in [0.2, 0.25) is 0 Å². The third kappa shape index (κ3) is 4.52. The Morgan fingerprint density at radius 2 is 1.92 bits per heavy atom. The number of hydrogen-bond acceptors (Lipinski definition) is 3. The third-order valence-electron chi connectivity index (χ3n) is 3.23. The molecule has 126 valence electrons. The van der Waals surface area contributed by atoms with Gasteiger partial charge in [0.15, 0.2) is 6.61 Å². The zero-order valence-electron chi connectivity index (χ0n) is 12.7. The molecule has 1 N–H and O–H groups in total. The van der Waals surface area contributed by atoms with Gasteiger partial charge in [-0.05, 0) is 25.1 Å². The number of carbonyl (C=O) groups is 2. The molecule has 0 unspecified atom stereocenters. The molecule has 0 aliphatic heterocycles. The normalized spacial score (nSPS) is 11.7. The molecule has 0 aliphatic rings. The number of ether oxygens (including phenoxy) is 1. The maximum Gasteiger partial charge on any atom is 0.340 e. The highest BCUT2D eigenvalue weighted by molar-refractivity contribution is 6.33. The first-order valence-electron chi connectivity index (χ1n) is 7.04. The summed E-state index contributed by atoms with van der Waals surface area (Å²) in [5.74, 6) is -2.83. The van der Waals surface area contributed by atoms with Crippen molar-refractivity contribution < 1.29 is 23.1 Å². The maximum atomic E-state index is 13.6. The first kappa shape index (κ1) is 17.9. The van der Waals surface area contributed by atoms with E-state index in [9.17, 15) is 18.4 Å². The zero-order chi connectivity index (χ0) is 17.7. The van der Waals surface area contributed by atoms with Crippen LogP contribution in [0.15, 0.2) is 42.5 Å². The second-order valence-corrected chi connectivity index (χ2v) is 5.42. The van der Waals surface area contributed by atoms with E-state index in [-0.39, 0.29) is 16.1 Å². The van der Waals surface area contributed by atoms with E-state index in [0.717, 1.165) is 12.1 Å². The number of rotatable bonds is 5. The van der Waals surface area contributed by atoms with Crippen LogP contribution in [-0.2, 0) is 9.53 Å². The van der Waals surface area contributed by atoms with E-state index < -0.39 is 36.2 Å². The molecule has 0 saturated heterocycles. The highest BCUT2D eigenvalue weighted by Gasteiger charge is 2.17. The van der Waals surface area contributed by atoms with E-state index in [2.05, 4.69) is 5.32 Å². The van der Waals surface area contributed by atoms with Gasteiger partial charge in [-0.15, -0.1) is 0 Å². The molecule has 0 radical (unpaired) electrons.